The molecule has 0 amide bonds. The van der Waals surface area contributed by atoms with E-state index in [1.807, 2.05) is 13.8 Å². The lowest BCUT2D eigenvalue weighted by atomic mass is 10.2. The Kier molecular flexibility index (Phi) is 3.91. The molecule has 1 aliphatic heterocycles. The molecule has 3 heterocycles. The molecule has 0 radical (unpaired) electrons. The summed E-state index contributed by atoms with van der Waals surface area (Å²) >= 11 is 0. The first kappa shape index (κ1) is 14.7. The van der Waals surface area contributed by atoms with Crippen molar-refractivity contribution in [2.75, 3.05) is 0 Å². The van der Waals surface area contributed by atoms with Gasteiger partial charge in [-0.05, 0) is 31.1 Å². The Hall–Kier alpha value is -2.25. The van der Waals surface area contributed by atoms with E-state index in [9.17, 15) is 10.1 Å². The third-order valence-corrected chi connectivity index (χ3v) is 4.21. The fraction of sp³-hybridized carbons (Fsp3) is 0.643. The number of aromatic nitrogens is 5. The predicted octanol–water partition coefficient (Wildman–Crippen LogP) is 2.42. The molecule has 0 bridgehead atoms. The molecule has 0 fully saturated rings. The summed E-state index contributed by atoms with van der Waals surface area (Å²) in [6.45, 7) is 4.79. The molecule has 8 nitrogen and oxygen atoms in total. The first-order chi connectivity index (χ1) is 10.6. The Balaban J connectivity index is 2.01. The summed E-state index contributed by atoms with van der Waals surface area (Å²) in [6.07, 6.45) is 5.17. The summed E-state index contributed by atoms with van der Waals surface area (Å²) in [5.41, 5.74) is 0.768. The summed E-state index contributed by atoms with van der Waals surface area (Å²) in [7, 11) is 0. The van der Waals surface area contributed by atoms with Crippen molar-refractivity contribution < 1.29 is 4.92 Å². The van der Waals surface area contributed by atoms with Gasteiger partial charge in [-0.2, -0.15) is 4.68 Å². The first-order valence-corrected chi connectivity index (χ1v) is 7.74. The first-order valence-electron chi connectivity index (χ1n) is 7.74. The van der Waals surface area contributed by atoms with Crippen LogP contribution in [0.5, 0.6) is 0 Å². The largest absolute Gasteiger partial charge is 0.390 e. The molecule has 0 aliphatic carbocycles. The number of hydrogen-bond acceptors (Lipinski definition) is 5. The third-order valence-electron chi connectivity index (χ3n) is 4.21. The molecule has 0 unspecified atom stereocenters. The minimum absolute atomic E-state index is 0.118. The Labute approximate surface area is 128 Å². The molecule has 0 spiro atoms. The van der Waals surface area contributed by atoms with Gasteiger partial charge in [0.25, 0.3) is 0 Å². The van der Waals surface area contributed by atoms with Gasteiger partial charge in [-0.1, -0.05) is 13.3 Å². The molecule has 1 aliphatic rings. The fourth-order valence-corrected chi connectivity index (χ4v) is 3.09. The maximum absolute atomic E-state index is 10.9. The van der Waals surface area contributed by atoms with Crippen LogP contribution in [-0.4, -0.2) is 29.5 Å². The zero-order valence-electron chi connectivity index (χ0n) is 12.9. The van der Waals surface area contributed by atoms with Crippen LogP contribution in [0.3, 0.4) is 0 Å². The highest BCUT2D eigenvalue weighted by Gasteiger charge is 2.28. The van der Waals surface area contributed by atoms with Crippen molar-refractivity contribution in [3.8, 4) is 0 Å². The quantitative estimate of drug-likeness (QED) is 0.639. The molecular weight excluding hydrogens is 284 g/mol. The monoisotopic (exact) mass is 304 g/mol. The molecule has 3 rings (SSSR count). The lowest BCUT2D eigenvalue weighted by Crippen LogP contribution is -2.19. The van der Waals surface area contributed by atoms with E-state index in [2.05, 4.69) is 19.9 Å². The Morgan fingerprint density at radius 1 is 1.36 bits per heavy atom. The highest BCUT2D eigenvalue weighted by atomic mass is 16.6. The molecule has 0 saturated heterocycles. The molecule has 2 aromatic heterocycles. The molecule has 8 heteroatoms. The molecule has 0 N–H and O–H groups in total. The predicted molar refractivity (Wildman–Crippen MR) is 79.6 cm³/mol. The molecule has 1 atom stereocenters. The number of hydrogen-bond donors (Lipinski definition) is 0. The number of nitro groups is 1. The van der Waals surface area contributed by atoms with Crippen LogP contribution >= 0.6 is 0 Å². The van der Waals surface area contributed by atoms with Crippen molar-refractivity contribution in [2.24, 2.45) is 0 Å². The molecule has 0 aromatic carbocycles. The molecule has 22 heavy (non-hydrogen) atoms. The molecule has 118 valence electrons. The highest BCUT2D eigenvalue weighted by Crippen LogP contribution is 2.26. The van der Waals surface area contributed by atoms with Crippen LogP contribution in [0.2, 0.25) is 0 Å². The zero-order chi connectivity index (χ0) is 15.7. The minimum Gasteiger partial charge on any atom is -0.358 e. The lowest BCUT2D eigenvalue weighted by Gasteiger charge is -2.15. The molecule has 2 aromatic rings. The van der Waals surface area contributed by atoms with Gasteiger partial charge in [0, 0.05) is 13.0 Å². The standard InChI is InChI=1S/C14H20N6O2/c1-3-11(19-10(2)9-13(17-19)20(21)22)14-16-15-12-7-5-4-6-8-18(12)14/h9,11H,3-8H2,1-2H3/t11-/m0/s1. The summed E-state index contributed by atoms with van der Waals surface area (Å²) in [6, 6.07) is 1.38. The van der Waals surface area contributed by atoms with Crippen molar-refractivity contribution in [3.63, 3.8) is 0 Å². The SMILES string of the molecule is CC[C@@H](c1nnc2n1CCCCC2)n1nc([N+](=O)[O-])cc1C. The number of aryl methyl sites for hydroxylation is 2. The van der Waals surface area contributed by atoms with Crippen molar-refractivity contribution in [1.82, 2.24) is 24.5 Å². The van der Waals surface area contributed by atoms with Crippen LogP contribution < -0.4 is 0 Å². The highest BCUT2D eigenvalue weighted by molar-refractivity contribution is 5.22. The van der Waals surface area contributed by atoms with Gasteiger partial charge < -0.3 is 14.7 Å². The van der Waals surface area contributed by atoms with Crippen LogP contribution in [0.25, 0.3) is 0 Å². The summed E-state index contributed by atoms with van der Waals surface area (Å²) in [4.78, 5) is 10.5. The second kappa shape index (κ2) is 5.86. The summed E-state index contributed by atoms with van der Waals surface area (Å²) in [5.74, 6) is 1.76. The van der Waals surface area contributed by atoms with E-state index in [1.54, 1.807) is 4.68 Å². The van der Waals surface area contributed by atoms with Crippen LogP contribution in [0.4, 0.5) is 5.82 Å². The van der Waals surface area contributed by atoms with Gasteiger partial charge >= 0.3 is 5.82 Å². The number of fused-ring (bicyclic) bond motifs is 1. The number of nitrogens with zero attached hydrogens (tertiary/aromatic N) is 6. The Morgan fingerprint density at radius 3 is 2.86 bits per heavy atom. The van der Waals surface area contributed by atoms with Crippen LogP contribution in [0.15, 0.2) is 6.07 Å². The summed E-state index contributed by atoms with van der Waals surface area (Å²) < 4.78 is 3.88. The molecule has 0 saturated carbocycles. The fourth-order valence-electron chi connectivity index (χ4n) is 3.09. The van der Waals surface area contributed by atoms with E-state index in [0.29, 0.717) is 0 Å². The Morgan fingerprint density at radius 2 is 2.18 bits per heavy atom. The summed E-state index contributed by atoms with van der Waals surface area (Å²) in [5, 5.41) is 23.8. The Bertz CT molecular complexity index is 690. The third kappa shape index (κ3) is 2.49. The van der Waals surface area contributed by atoms with E-state index in [4.69, 9.17) is 0 Å². The van der Waals surface area contributed by atoms with Crippen LogP contribution in [0, 0.1) is 17.0 Å². The van der Waals surface area contributed by atoms with Gasteiger partial charge in [-0.3, -0.25) is 0 Å². The van der Waals surface area contributed by atoms with Gasteiger partial charge in [0.1, 0.15) is 11.9 Å². The second-order valence-corrected chi connectivity index (χ2v) is 5.71. The van der Waals surface area contributed by atoms with Crippen molar-refractivity contribution in [1.29, 1.82) is 0 Å². The van der Waals surface area contributed by atoms with Crippen molar-refractivity contribution >= 4 is 5.82 Å². The topological polar surface area (TPSA) is 91.7 Å². The number of rotatable bonds is 4. The second-order valence-electron chi connectivity index (χ2n) is 5.71. The smallest absolute Gasteiger partial charge is 0.358 e. The van der Waals surface area contributed by atoms with Gasteiger partial charge in [0.05, 0.1) is 16.9 Å². The maximum atomic E-state index is 10.9. The average Bonchev–Trinajstić information content (AvgIpc) is 2.98. The van der Waals surface area contributed by atoms with Crippen molar-refractivity contribution in [3.05, 3.63) is 33.5 Å². The van der Waals surface area contributed by atoms with Gasteiger partial charge in [-0.25, -0.2) is 0 Å². The van der Waals surface area contributed by atoms with Crippen LogP contribution in [-0.2, 0) is 13.0 Å². The van der Waals surface area contributed by atoms with E-state index < -0.39 is 4.92 Å². The molecular formula is C14H20N6O2. The van der Waals surface area contributed by atoms with Gasteiger partial charge in [0.2, 0.25) is 0 Å². The van der Waals surface area contributed by atoms with Crippen LogP contribution in [0.1, 0.15) is 56.0 Å². The van der Waals surface area contributed by atoms with E-state index in [-0.39, 0.29) is 11.9 Å². The normalized spacial score (nSPS) is 16.1. The van der Waals surface area contributed by atoms with Gasteiger partial charge in [0.15, 0.2) is 5.82 Å². The van der Waals surface area contributed by atoms with E-state index in [1.165, 1.54) is 12.5 Å². The minimum atomic E-state index is -0.458. The average molecular weight is 304 g/mol. The van der Waals surface area contributed by atoms with E-state index in [0.717, 1.165) is 49.6 Å². The zero-order valence-corrected chi connectivity index (χ0v) is 12.9. The van der Waals surface area contributed by atoms with Crippen molar-refractivity contribution in [2.45, 2.75) is 58.5 Å². The van der Waals surface area contributed by atoms with Gasteiger partial charge in [-0.15, -0.1) is 10.2 Å². The maximum Gasteiger partial charge on any atom is 0.390 e. The lowest BCUT2D eigenvalue weighted by molar-refractivity contribution is -0.389. The van der Waals surface area contributed by atoms with E-state index >= 15 is 0 Å².